The van der Waals surface area contributed by atoms with E-state index in [2.05, 4.69) is 152 Å². The predicted molar refractivity (Wildman–Crippen MR) is 199 cm³/mol. The Balaban J connectivity index is 1.33. The number of hydrogen-bond acceptors (Lipinski definition) is 3. The molecule has 3 heteroatoms. The van der Waals surface area contributed by atoms with E-state index in [-0.39, 0.29) is 5.41 Å². The van der Waals surface area contributed by atoms with Gasteiger partial charge in [-0.15, -0.1) is 0 Å². The zero-order valence-corrected chi connectivity index (χ0v) is 26.7. The van der Waals surface area contributed by atoms with E-state index >= 15 is 0 Å². The zero-order chi connectivity index (χ0) is 32.0. The van der Waals surface area contributed by atoms with Gasteiger partial charge in [-0.2, -0.15) is 0 Å². The molecular formula is C45H31NO2. The SMILES string of the molecule is CC1(C)c2ccccc2-c2ccc(-c3c(N(c4ccccc4)c4ccccc4)ccc4c3oc3ccc5oc6ccccc6c5c34)cc21. The monoisotopic (exact) mass is 617 g/mol. The van der Waals surface area contributed by atoms with Crippen LogP contribution in [0.3, 0.4) is 0 Å². The van der Waals surface area contributed by atoms with Crippen molar-refractivity contribution in [2.24, 2.45) is 0 Å². The summed E-state index contributed by atoms with van der Waals surface area (Å²) in [5, 5.41) is 4.35. The molecule has 10 rings (SSSR count). The van der Waals surface area contributed by atoms with Crippen molar-refractivity contribution in [3.05, 3.63) is 163 Å². The Labute approximate surface area is 278 Å². The molecule has 7 aromatic carbocycles. The molecule has 0 amide bonds. The van der Waals surface area contributed by atoms with Crippen molar-refractivity contribution in [2.75, 3.05) is 4.90 Å². The van der Waals surface area contributed by atoms with Crippen LogP contribution in [0, 0.1) is 0 Å². The average Bonchev–Trinajstić information content (AvgIpc) is 3.77. The summed E-state index contributed by atoms with van der Waals surface area (Å²) in [7, 11) is 0. The van der Waals surface area contributed by atoms with Gasteiger partial charge < -0.3 is 13.7 Å². The molecule has 0 radical (unpaired) electrons. The minimum Gasteiger partial charge on any atom is -0.456 e. The van der Waals surface area contributed by atoms with Gasteiger partial charge in [-0.3, -0.25) is 0 Å². The van der Waals surface area contributed by atoms with E-state index in [9.17, 15) is 0 Å². The first-order valence-corrected chi connectivity index (χ1v) is 16.5. The minimum absolute atomic E-state index is 0.135. The lowest BCUT2D eigenvalue weighted by Gasteiger charge is -2.28. The van der Waals surface area contributed by atoms with Crippen molar-refractivity contribution in [2.45, 2.75) is 19.3 Å². The Bertz CT molecular complexity index is 2660. The van der Waals surface area contributed by atoms with Crippen LogP contribution in [0.15, 0.2) is 160 Å². The molecule has 0 saturated heterocycles. The van der Waals surface area contributed by atoms with Crippen molar-refractivity contribution < 1.29 is 8.83 Å². The standard InChI is InChI=1S/C45H31NO2/c1-45(2)35-19-11-9-17-31(35)32-22-21-28(27-36(32)45)41-37(46(29-13-5-3-6-14-29)30-15-7-4-8-16-30)24-23-34-43-40(48-44(34)41)26-25-39-42(43)33-18-10-12-20-38(33)47-39/h3-27H,1-2H3. The quantitative estimate of drug-likeness (QED) is 0.197. The van der Waals surface area contributed by atoms with Crippen molar-refractivity contribution in [1.82, 2.24) is 0 Å². The van der Waals surface area contributed by atoms with Crippen LogP contribution in [-0.2, 0) is 5.41 Å². The molecule has 0 aliphatic heterocycles. The molecule has 0 spiro atoms. The fourth-order valence-electron chi connectivity index (χ4n) is 8.04. The average molecular weight is 618 g/mol. The van der Waals surface area contributed by atoms with Crippen LogP contribution in [0.5, 0.6) is 0 Å². The van der Waals surface area contributed by atoms with E-state index in [1.165, 1.54) is 22.3 Å². The highest BCUT2D eigenvalue weighted by Gasteiger charge is 2.36. The fraction of sp³-hybridized carbons (Fsp3) is 0.0667. The number of anilines is 3. The van der Waals surface area contributed by atoms with Crippen LogP contribution in [0.2, 0.25) is 0 Å². The highest BCUT2D eigenvalue weighted by atomic mass is 16.3. The fourth-order valence-corrected chi connectivity index (χ4v) is 8.04. The molecule has 0 bridgehead atoms. The summed E-state index contributed by atoms with van der Waals surface area (Å²) < 4.78 is 13.3. The second-order valence-corrected chi connectivity index (χ2v) is 13.3. The highest BCUT2D eigenvalue weighted by Crippen LogP contribution is 2.53. The molecule has 2 aromatic heterocycles. The van der Waals surface area contributed by atoms with Gasteiger partial charge in [0.15, 0.2) is 0 Å². The third kappa shape index (κ3) is 3.76. The van der Waals surface area contributed by atoms with E-state index < -0.39 is 0 Å². The van der Waals surface area contributed by atoms with Crippen LogP contribution >= 0.6 is 0 Å². The molecule has 48 heavy (non-hydrogen) atoms. The minimum atomic E-state index is -0.135. The van der Waals surface area contributed by atoms with Crippen LogP contribution in [0.1, 0.15) is 25.0 Å². The summed E-state index contributed by atoms with van der Waals surface area (Å²) in [6.07, 6.45) is 0. The van der Waals surface area contributed by atoms with E-state index in [0.717, 1.165) is 72.1 Å². The van der Waals surface area contributed by atoms with Crippen molar-refractivity contribution >= 4 is 60.9 Å². The number of para-hydroxylation sites is 3. The van der Waals surface area contributed by atoms with Gasteiger partial charge in [0, 0.05) is 43.9 Å². The lowest BCUT2D eigenvalue weighted by molar-refractivity contribution is 0.660. The molecule has 0 fully saturated rings. The number of rotatable bonds is 4. The smallest absolute Gasteiger partial charge is 0.145 e. The summed E-state index contributed by atoms with van der Waals surface area (Å²) in [6.45, 7) is 4.68. The number of fused-ring (bicyclic) bond motifs is 10. The summed E-state index contributed by atoms with van der Waals surface area (Å²) in [6, 6.07) is 53.9. The summed E-state index contributed by atoms with van der Waals surface area (Å²) in [4.78, 5) is 2.35. The molecule has 0 atom stereocenters. The third-order valence-electron chi connectivity index (χ3n) is 10.3. The van der Waals surface area contributed by atoms with Crippen LogP contribution < -0.4 is 4.90 Å². The first-order chi connectivity index (χ1) is 23.6. The first-order valence-electron chi connectivity index (χ1n) is 16.5. The molecule has 0 unspecified atom stereocenters. The highest BCUT2D eigenvalue weighted by molar-refractivity contribution is 6.27. The van der Waals surface area contributed by atoms with Crippen LogP contribution in [-0.4, -0.2) is 0 Å². The van der Waals surface area contributed by atoms with Gasteiger partial charge in [0.25, 0.3) is 0 Å². The van der Waals surface area contributed by atoms with E-state index in [1.807, 2.05) is 18.2 Å². The molecule has 9 aromatic rings. The van der Waals surface area contributed by atoms with Crippen molar-refractivity contribution in [1.29, 1.82) is 0 Å². The lowest BCUT2D eigenvalue weighted by Crippen LogP contribution is -2.15. The maximum Gasteiger partial charge on any atom is 0.145 e. The Morgan fingerprint density at radius 2 is 1.10 bits per heavy atom. The molecule has 3 nitrogen and oxygen atoms in total. The number of nitrogens with zero attached hydrogens (tertiary/aromatic N) is 1. The largest absolute Gasteiger partial charge is 0.456 e. The Morgan fingerprint density at radius 1 is 0.479 bits per heavy atom. The Morgan fingerprint density at radius 3 is 1.88 bits per heavy atom. The Hall–Kier alpha value is -6.06. The van der Waals surface area contributed by atoms with E-state index in [4.69, 9.17) is 8.83 Å². The van der Waals surface area contributed by atoms with Gasteiger partial charge in [-0.25, -0.2) is 0 Å². The van der Waals surface area contributed by atoms with Gasteiger partial charge in [0.2, 0.25) is 0 Å². The predicted octanol–water partition coefficient (Wildman–Crippen LogP) is 12.9. The van der Waals surface area contributed by atoms with Crippen LogP contribution in [0.25, 0.3) is 66.1 Å². The summed E-state index contributed by atoms with van der Waals surface area (Å²) in [5.41, 5.74) is 14.0. The van der Waals surface area contributed by atoms with E-state index in [0.29, 0.717) is 0 Å². The van der Waals surface area contributed by atoms with Gasteiger partial charge in [0.1, 0.15) is 22.3 Å². The van der Waals surface area contributed by atoms with Crippen molar-refractivity contribution in [3.63, 3.8) is 0 Å². The van der Waals surface area contributed by atoms with Gasteiger partial charge in [-0.05, 0) is 88.5 Å². The molecular weight excluding hydrogens is 587 g/mol. The van der Waals surface area contributed by atoms with Gasteiger partial charge >= 0.3 is 0 Å². The van der Waals surface area contributed by atoms with Gasteiger partial charge in [0.05, 0.1) is 5.69 Å². The second kappa shape index (κ2) is 9.97. The second-order valence-electron chi connectivity index (χ2n) is 13.3. The summed E-state index contributed by atoms with van der Waals surface area (Å²) in [5.74, 6) is 0. The molecule has 228 valence electrons. The van der Waals surface area contributed by atoms with Crippen LogP contribution in [0.4, 0.5) is 17.1 Å². The summed E-state index contributed by atoms with van der Waals surface area (Å²) >= 11 is 0. The lowest BCUT2D eigenvalue weighted by atomic mass is 9.81. The third-order valence-corrected chi connectivity index (χ3v) is 10.3. The Kier molecular flexibility index (Phi) is 5.63. The molecule has 1 aliphatic carbocycles. The molecule has 1 aliphatic rings. The maximum atomic E-state index is 6.99. The maximum absolute atomic E-state index is 6.99. The molecule has 0 N–H and O–H groups in total. The number of furan rings is 2. The van der Waals surface area contributed by atoms with Crippen molar-refractivity contribution in [3.8, 4) is 22.3 Å². The topological polar surface area (TPSA) is 29.5 Å². The van der Waals surface area contributed by atoms with E-state index in [1.54, 1.807) is 0 Å². The first kappa shape index (κ1) is 27.1. The zero-order valence-electron chi connectivity index (χ0n) is 26.7. The normalized spacial score (nSPS) is 13.4. The molecule has 2 heterocycles. The molecule has 0 saturated carbocycles. The number of hydrogen-bond donors (Lipinski definition) is 0. The van der Waals surface area contributed by atoms with Gasteiger partial charge in [-0.1, -0.05) is 105 Å². The number of benzene rings is 7.